The SMILES string of the molecule is Cc1nn(C)cc1-c1nc2nc(N)ccc2[nH]1. The minimum absolute atomic E-state index is 0.471. The maximum absolute atomic E-state index is 5.62. The third kappa shape index (κ3) is 1.54. The van der Waals surface area contributed by atoms with Crippen LogP contribution in [0.1, 0.15) is 5.69 Å². The number of rotatable bonds is 1. The maximum Gasteiger partial charge on any atom is 0.180 e. The number of aromatic amines is 1. The van der Waals surface area contributed by atoms with Crippen LogP contribution in [-0.4, -0.2) is 24.7 Å². The van der Waals surface area contributed by atoms with Crippen LogP contribution in [0, 0.1) is 6.92 Å². The van der Waals surface area contributed by atoms with Gasteiger partial charge in [0.15, 0.2) is 5.65 Å². The van der Waals surface area contributed by atoms with E-state index in [1.54, 1.807) is 10.7 Å². The number of anilines is 1. The molecule has 0 aliphatic carbocycles. The van der Waals surface area contributed by atoms with Gasteiger partial charge >= 0.3 is 0 Å². The minimum Gasteiger partial charge on any atom is -0.384 e. The lowest BCUT2D eigenvalue weighted by Gasteiger charge is -1.89. The quantitative estimate of drug-likeness (QED) is 0.656. The second kappa shape index (κ2) is 3.31. The molecule has 0 atom stereocenters. The van der Waals surface area contributed by atoms with E-state index in [1.807, 2.05) is 26.2 Å². The molecule has 3 heterocycles. The van der Waals surface area contributed by atoms with Crippen molar-refractivity contribution in [1.82, 2.24) is 24.7 Å². The zero-order valence-electron chi connectivity index (χ0n) is 9.60. The van der Waals surface area contributed by atoms with Crippen LogP contribution in [0.3, 0.4) is 0 Å². The molecule has 0 aliphatic heterocycles. The van der Waals surface area contributed by atoms with Gasteiger partial charge in [0.05, 0.1) is 16.8 Å². The van der Waals surface area contributed by atoms with Crippen LogP contribution in [0.2, 0.25) is 0 Å². The average molecular weight is 228 g/mol. The van der Waals surface area contributed by atoms with E-state index in [2.05, 4.69) is 20.1 Å². The summed E-state index contributed by atoms with van der Waals surface area (Å²) in [4.78, 5) is 11.8. The van der Waals surface area contributed by atoms with E-state index in [0.29, 0.717) is 11.5 Å². The summed E-state index contributed by atoms with van der Waals surface area (Å²) in [6, 6.07) is 3.63. The number of imidazole rings is 1. The molecule has 6 heteroatoms. The largest absolute Gasteiger partial charge is 0.384 e. The zero-order valence-corrected chi connectivity index (χ0v) is 9.60. The van der Waals surface area contributed by atoms with Crippen LogP contribution in [0.25, 0.3) is 22.6 Å². The monoisotopic (exact) mass is 228 g/mol. The van der Waals surface area contributed by atoms with Crippen molar-refractivity contribution in [3.8, 4) is 11.4 Å². The van der Waals surface area contributed by atoms with Crippen LogP contribution >= 0.6 is 0 Å². The molecule has 0 unspecified atom stereocenters. The predicted molar refractivity (Wildman–Crippen MR) is 65.2 cm³/mol. The van der Waals surface area contributed by atoms with Gasteiger partial charge in [0.1, 0.15) is 11.6 Å². The molecule has 3 rings (SSSR count). The van der Waals surface area contributed by atoms with Crippen molar-refractivity contribution in [2.45, 2.75) is 6.92 Å². The molecule has 0 amide bonds. The summed E-state index contributed by atoms with van der Waals surface area (Å²) in [5.74, 6) is 1.24. The molecule has 3 aromatic heterocycles. The first kappa shape index (κ1) is 9.83. The smallest absolute Gasteiger partial charge is 0.180 e. The third-order valence-electron chi connectivity index (χ3n) is 2.64. The fraction of sp³-hybridized carbons (Fsp3) is 0.182. The Bertz CT molecular complexity index is 693. The Labute approximate surface area is 97.5 Å². The molecular formula is C11H12N6. The second-order valence-electron chi connectivity index (χ2n) is 3.99. The van der Waals surface area contributed by atoms with Crippen molar-refractivity contribution in [3.05, 3.63) is 24.0 Å². The first-order valence-corrected chi connectivity index (χ1v) is 5.26. The highest BCUT2D eigenvalue weighted by atomic mass is 15.3. The fourth-order valence-electron chi connectivity index (χ4n) is 1.87. The lowest BCUT2D eigenvalue weighted by Crippen LogP contribution is -1.88. The molecule has 86 valence electrons. The molecule has 0 bridgehead atoms. The molecule has 0 spiro atoms. The van der Waals surface area contributed by atoms with Gasteiger partial charge in [-0.1, -0.05) is 0 Å². The number of hydrogen-bond donors (Lipinski definition) is 2. The number of pyridine rings is 1. The summed E-state index contributed by atoms with van der Waals surface area (Å²) in [6.07, 6.45) is 1.93. The summed E-state index contributed by atoms with van der Waals surface area (Å²) >= 11 is 0. The van der Waals surface area contributed by atoms with Gasteiger partial charge in [0.2, 0.25) is 0 Å². The summed E-state index contributed by atoms with van der Waals surface area (Å²) < 4.78 is 1.76. The second-order valence-corrected chi connectivity index (χ2v) is 3.99. The molecule has 0 aromatic carbocycles. The van der Waals surface area contributed by atoms with Crippen molar-refractivity contribution >= 4 is 17.0 Å². The van der Waals surface area contributed by atoms with Crippen LogP contribution in [0.5, 0.6) is 0 Å². The number of hydrogen-bond acceptors (Lipinski definition) is 4. The highest BCUT2D eigenvalue weighted by molar-refractivity contribution is 5.77. The number of aromatic nitrogens is 5. The van der Waals surface area contributed by atoms with Crippen LogP contribution in [-0.2, 0) is 7.05 Å². The molecule has 0 saturated carbocycles. The predicted octanol–water partition coefficient (Wildman–Crippen LogP) is 1.25. The van der Waals surface area contributed by atoms with Crippen molar-refractivity contribution in [2.24, 2.45) is 7.05 Å². The summed E-state index contributed by atoms with van der Waals surface area (Å²) in [5, 5.41) is 4.29. The summed E-state index contributed by atoms with van der Waals surface area (Å²) in [6.45, 7) is 1.95. The van der Waals surface area contributed by atoms with E-state index >= 15 is 0 Å². The molecule has 17 heavy (non-hydrogen) atoms. The van der Waals surface area contributed by atoms with Crippen LogP contribution < -0.4 is 5.73 Å². The van der Waals surface area contributed by atoms with Gasteiger partial charge in [-0.05, 0) is 19.1 Å². The molecule has 0 saturated heterocycles. The average Bonchev–Trinajstić information content (AvgIpc) is 2.80. The molecule has 0 aliphatic rings. The topological polar surface area (TPSA) is 85.4 Å². The van der Waals surface area contributed by atoms with Crippen molar-refractivity contribution < 1.29 is 0 Å². The van der Waals surface area contributed by atoms with Gasteiger partial charge in [0.25, 0.3) is 0 Å². The van der Waals surface area contributed by atoms with E-state index < -0.39 is 0 Å². The number of nitrogens with one attached hydrogen (secondary N) is 1. The number of nitrogens with zero attached hydrogens (tertiary/aromatic N) is 4. The Morgan fingerprint density at radius 2 is 2.12 bits per heavy atom. The number of nitrogens with two attached hydrogens (primary N) is 1. The number of nitrogen functional groups attached to an aromatic ring is 1. The zero-order chi connectivity index (χ0) is 12.0. The van der Waals surface area contributed by atoms with Gasteiger partial charge in [0, 0.05) is 13.2 Å². The number of H-pyrrole nitrogens is 1. The molecule has 0 fully saturated rings. The Morgan fingerprint density at radius 3 is 2.82 bits per heavy atom. The van der Waals surface area contributed by atoms with Crippen LogP contribution in [0.4, 0.5) is 5.82 Å². The van der Waals surface area contributed by atoms with E-state index in [0.717, 1.165) is 22.6 Å². The molecule has 3 aromatic rings. The minimum atomic E-state index is 0.471. The van der Waals surface area contributed by atoms with Crippen molar-refractivity contribution in [1.29, 1.82) is 0 Å². The molecule has 6 nitrogen and oxygen atoms in total. The van der Waals surface area contributed by atoms with E-state index in [1.165, 1.54) is 0 Å². The van der Waals surface area contributed by atoms with Crippen LogP contribution in [0.15, 0.2) is 18.3 Å². The van der Waals surface area contributed by atoms with E-state index in [4.69, 9.17) is 5.73 Å². The first-order chi connectivity index (χ1) is 8.13. The maximum atomic E-state index is 5.62. The van der Waals surface area contributed by atoms with Crippen molar-refractivity contribution in [2.75, 3.05) is 5.73 Å². The highest BCUT2D eigenvalue weighted by Gasteiger charge is 2.11. The first-order valence-electron chi connectivity index (χ1n) is 5.26. The molecule has 0 radical (unpaired) electrons. The highest BCUT2D eigenvalue weighted by Crippen LogP contribution is 2.22. The van der Waals surface area contributed by atoms with Gasteiger partial charge in [-0.2, -0.15) is 5.10 Å². The Balaban J connectivity index is 2.21. The number of fused-ring (bicyclic) bond motifs is 1. The van der Waals surface area contributed by atoms with Gasteiger partial charge in [-0.25, -0.2) is 9.97 Å². The fourth-order valence-corrected chi connectivity index (χ4v) is 1.87. The Kier molecular flexibility index (Phi) is 1.91. The summed E-state index contributed by atoms with van der Waals surface area (Å²) in [5.41, 5.74) is 9.03. The standard InChI is InChI=1S/C11H12N6/c1-6-7(5-17(2)16-6)10-13-8-3-4-9(12)14-11(8)15-10/h3-5H,1-2H3,(H3,12,13,14,15). The normalized spacial score (nSPS) is 11.2. The van der Waals surface area contributed by atoms with Gasteiger partial charge < -0.3 is 10.7 Å². The van der Waals surface area contributed by atoms with E-state index in [-0.39, 0.29) is 0 Å². The van der Waals surface area contributed by atoms with Gasteiger partial charge in [-0.15, -0.1) is 0 Å². The Morgan fingerprint density at radius 1 is 1.29 bits per heavy atom. The lowest BCUT2D eigenvalue weighted by molar-refractivity contribution is 0.756. The van der Waals surface area contributed by atoms with E-state index in [9.17, 15) is 0 Å². The molecule has 3 N–H and O–H groups in total. The molecular weight excluding hydrogens is 216 g/mol. The Hall–Kier alpha value is -2.37. The lowest BCUT2D eigenvalue weighted by atomic mass is 10.2. The number of aryl methyl sites for hydroxylation is 2. The summed E-state index contributed by atoms with van der Waals surface area (Å²) in [7, 11) is 1.88. The third-order valence-corrected chi connectivity index (χ3v) is 2.64. The van der Waals surface area contributed by atoms with Gasteiger partial charge in [-0.3, -0.25) is 4.68 Å². The van der Waals surface area contributed by atoms with Crippen molar-refractivity contribution in [3.63, 3.8) is 0 Å².